The standard InChI is InChI=1S/C28H33N5O2/c1-19(2)15-26(34)33-18-22-10-6-5-9-20(22)17-24(33)28(35)29-23-12-8-11-21(16-23)27-31-30-25-13-4-3-7-14-32(25)27/h5-6,8-12,16,19,24H,3-4,7,13-15,17-18H2,1-2H3,(H,29,35). The van der Waals surface area contributed by atoms with Gasteiger partial charge in [0.05, 0.1) is 0 Å². The van der Waals surface area contributed by atoms with Gasteiger partial charge in [-0.3, -0.25) is 9.59 Å². The van der Waals surface area contributed by atoms with E-state index < -0.39 is 6.04 Å². The lowest BCUT2D eigenvalue weighted by Crippen LogP contribution is -2.50. The first-order valence-corrected chi connectivity index (χ1v) is 12.7. The Morgan fingerprint density at radius 3 is 2.69 bits per heavy atom. The summed E-state index contributed by atoms with van der Waals surface area (Å²) < 4.78 is 2.21. The normalized spacial score (nSPS) is 17.5. The lowest BCUT2D eigenvalue weighted by molar-refractivity contribution is -0.140. The van der Waals surface area contributed by atoms with E-state index in [1.807, 2.05) is 56.3 Å². The van der Waals surface area contributed by atoms with Crippen molar-refractivity contribution in [2.24, 2.45) is 5.92 Å². The van der Waals surface area contributed by atoms with Crippen molar-refractivity contribution in [3.63, 3.8) is 0 Å². The zero-order valence-corrected chi connectivity index (χ0v) is 20.5. The number of rotatable bonds is 5. The molecule has 5 rings (SSSR count). The van der Waals surface area contributed by atoms with Gasteiger partial charge in [0.15, 0.2) is 5.82 Å². The largest absolute Gasteiger partial charge is 0.326 e. The Labute approximate surface area is 206 Å². The van der Waals surface area contributed by atoms with Crippen LogP contribution in [0.15, 0.2) is 48.5 Å². The predicted octanol–water partition coefficient (Wildman–Crippen LogP) is 4.61. The number of nitrogens with zero attached hydrogens (tertiary/aromatic N) is 4. The molecule has 0 spiro atoms. The highest BCUT2D eigenvalue weighted by Crippen LogP contribution is 2.28. The predicted molar refractivity (Wildman–Crippen MR) is 136 cm³/mol. The summed E-state index contributed by atoms with van der Waals surface area (Å²) in [6.45, 7) is 5.44. The summed E-state index contributed by atoms with van der Waals surface area (Å²) in [7, 11) is 0. The fourth-order valence-corrected chi connectivity index (χ4v) is 5.15. The van der Waals surface area contributed by atoms with Gasteiger partial charge in [-0.1, -0.05) is 56.7 Å². The number of nitrogens with one attached hydrogen (secondary N) is 1. The second-order valence-electron chi connectivity index (χ2n) is 10.1. The highest BCUT2D eigenvalue weighted by molar-refractivity contribution is 5.98. The van der Waals surface area contributed by atoms with Gasteiger partial charge in [-0.05, 0) is 42.0 Å². The SMILES string of the molecule is CC(C)CC(=O)N1Cc2ccccc2CC1C(=O)Nc1cccc(-c2nnc3n2CCCCC3)c1. The van der Waals surface area contributed by atoms with Crippen LogP contribution < -0.4 is 5.32 Å². The van der Waals surface area contributed by atoms with E-state index in [1.54, 1.807) is 4.90 Å². The summed E-state index contributed by atoms with van der Waals surface area (Å²) in [6.07, 6.45) is 5.37. The molecule has 35 heavy (non-hydrogen) atoms. The molecule has 0 aliphatic carbocycles. The quantitative estimate of drug-likeness (QED) is 0.589. The van der Waals surface area contributed by atoms with Gasteiger partial charge < -0.3 is 14.8 Å². The Morgan fingerprint density at radius 1 is 1.03 bits per heavy atom. The van der Waals surface area contributed by atoms with E-state index in [0.29, 0.717) is 25.1 Å². The van der Waals surface area contributed by atoms with E-state index in [1.165, 1.54) is 6.42 Å². The number of aromatic nitrogens is 3. The third kappa shape index (κ3) is 4.99. The van der Waals surface area contributed by atoms with E-state index in [4.69, 9.17) is 0 Å². The van der Waals surface area contributed by atoms with Gasteiger partial charge >= 0.3 is 0 Å². The van der Waals surface area contributed by atoms with Crippen LogP contribution in [-0.4, -0.2) is 37.5 Å². The summed E-state index contributed by atoms with van der Waals surface area (Å²) in [5.41, 5.74) is 3.88. The third-order valence-electron chi connectivity index (χ3n) is 6.95. The van der Waals surface area contributed by atoms with Crippen LogP contribution >= 0.6 is 0 Å². The summed E-state index contributed by atoms with van der Waals surface area (Å²) >= 11 is 0. The highest BCUT2D eigenvalue weighted by atomic mass is 16.2. The minimum Gasteiger partial charge on any atom is -0.326 e. The van der Waals surface area contributed by atoms with Crippen LogP contribution in [0.4, 0.5) is 5.69 Å². The van der Waals surface area contributed by atoms with Crippen LogP contribution in [0.3, 0.4) is 0 Å². The number of hydrogen-bond acceptors (Lipinski definition) is 4. The summed E-state index contributed by atoms with van der Waals surface area (Å²) in [5.74, 6) is 1.98. The topological polar surface area (TPSA) is 80.1 Å². The molecule has 1 N–H and O–H groups in total. The second-order valence-corrected chi connectivity index (χ2v) is 10.1. The maximum Gasteiger partial charge on any atom is 0.247 e. The van der Waals surface area contributed by atoms with Crippen molar-refractivity contribution < 1.29 is 9.59 Å². The number of carbonyl (C=O) groups excluding carboxylic acids is 2. The first-order valence-electron chi connectivity index (χ1n) is 12.7. The molecule has 3 aromatic rings. The van der Waals surface area contributed by atoms with Gasteiger partial charge in [0.2, 0.25) is 11.8 Å². The van der Waals surface area contributed by atoms with Crippen LogP contribution in [-0.2, 0) is 35.5 Å². The van der Waals surface area contributed by atoms with E-state index in [9.17, 15) is 9.59 Å². The van der Waals surface area contributed by atoms with Gasteiger partial charge in [-0.2, -0.15) is 0 Å². The molecule has 2 aliphatic heterocycles. The fourth-order valence-electron chi connectivity index (χ4n) is 5.15. The molecule has 0 saturated heterocycles. The summed E-state index contributed by atoms with van der Waals surface area (Å²) in [4.78, 5) is 28.4. The molecule has 0 saturated carbocycles. The molecule has 1 atom stereocenters. The first-order chi connectivity index (χ1) is 17.0. The molecule has 0 fully saturated rings. The number of hydrogen-bond donors (Lipinski definition) is 1. The van der Waals surface area contributed by atoms with Crippen molar-refractivity contribution in [3.05, 3.63) is 65.5 Å². The maximum absolute atomic E-state index is 13.5. The van der Waals surface area contributed by atoms with E-state index in [2.05, 4.69) is 26.1 Å². The summed E-state index contributed by atoms with van der Waals surface area (Å²) in [6, 6.07) is 15.3. The van der Waals surface area contributed by atoms with Crippen LogP contribution in [0.5, 0.6) is 0 Å². The van der Waals surface area contributed by atoms with Crippen LogP contribution in [0.2, 0.25) is 0 Å². The van der Waals surface area contributed by atoms with Crippen molar-refractivity contribution in [3.8, 4) is 11.4 Å². The van der Waals surface area contributed by atoms with E-state index in [-0.39, 0.29) is 17.7 Å². The number of anilines is 1. The Kier molecular flexibility index (Phi) is 6.66. The number of carbonyl (C=O) groups is 2. The number of amides is 2. The van der Waals surface area contributed by atoms with Crippen molar-refractivity contribution >= 4 is 17.5 Å². The molecule has 182 valence electrons. The molecule has 2 aromatic carbocycles. The van der Waals surface area contributed by atoms with Crippen LogP contribution in [0.25, 0.3) is 11.4 Å². The Balaban J connectivity index is 1.38. The molecular weight excluding hydrogens is 438 g/mol. The number of fused-ring (bicyclic) bond motifs is 2. The zero-order chi connectivity index (χ0) is 24.4. The lowest BCUT2D eigenvalue weighted by Gasteiger charge is -2.36. The molecule has 3 heterocycles. The molecule has 7 heteroatoms. The zero-order valence-electron chi connectivity index (χ0n) is 20.5. The molecule has 1 unspecified atom stereocenters. The molecular formula is C28H33N5O2. The van der Waals surface area contributed by atoms with Gasteiger partial charge in [-0.15, -0.1) is 10.2 Å². The highest BCUT2D eigenvalue weighted by Gasteiger charge is 2.34. The Hall–Kier alpha value is -3.48. The van der Waals surface area contributed by atoms with E-state index in [0.717, 1.165) is 54.1 Å². The average molecular weight is 472 g/mol. The molecule has 0 bridgehead atoms. The molecule has 0 radical (unpaired) electrons. The Bertz CT molecular complexity index is 1230. The van der Waals surface area contributed by atoms with Crippen LogP contribution in [0.1, 0.15) is 56.5 Å². The lowest BCUT2D eigenvalue weighted by atomic mass is 9.92. The second kappa shape index (κ2) is 10.0. The van der Waals surface area contributed by atoms with Gasteiger partial charge in [0, 0.05) is 43.6 Å². The average Bonchev–Trinajstić information content (AvgIpc) is 3.11. The van der Waals surface area contributed by atoms with Gasteiger partial charge in [0.25, 0.3) is 0 Å². The monoisotopic (exact) mass is 471 g/mol. The maximum atomic E-state index is 13.5. The molecule has 7 nitrogen and oxygen atoms in total. The van der Waals surface area contributed by atoms with Crippen LogP contribution in [0, 0.1) is 5.92 Å². The number of aryl methyl sites for hydroxylation is 1. The number of benzene rings is 2. The Morgan fingerprint density at radius 2 is 1.86 bits per heavy atom. The van der Waals surface area contributed by atoms with E-state index >= 15 is 0 Å². The minimum atomic E-state index is -0.538. The summed E-state index contributed by atoms with van der Waals surface area (Å²) in [5, 5.41) is 12.0. The smallest absolute Gasteiger partial charge is 0.247 e. The van der Waals surface area contributed by atoms with Crippen molar-refractivity contribution in [1.29, 1.82) is 0 Å². The van der Waals surface area contributed by atoms with Crippen molar-refractivity contribution in [2.45, 2.75) is 71.5 Å². The van der Waals surface area contributed by atoms with Gasteiger partial charge in [-0.25, -0.2) is 0 Å². The molecule has 2 amide bonds. The van der Waals surface area contributed by atoms with Crippen molar-refractivity contribution in [1.82, 2.24) is 19.7 Å². The molecule has 1 aromatic heterocycles. The minimum absolute atomic E-state index is 0.0227. The van der Waals surface area contributed by atoms with Gasteiger partial charge in [0.1, 0.15) is 11.9 Å². The van der Waals surface area contributed by atoms with Crippen molar-refractivity contribution in [2.75, 3.05) is 5.32 Å². The third-order valence-corrected chi connectivity index (χ3v) is 6.95. The fraction of sp³-hybridized carbons (Fsp3) is 0.429. The molecule has 2 aliphatic rings. The first kappa shape index (κ1) is 23.3.